The first-order chi connectivity index (χ1) is 8.38. The summed E-state index contributed by atoms with van der Waals surface area (Å²) in [6, 6.07) is 9.72. The van der Waals surface area contributed by atoms with Crippen LogP contribution < -0.4 is 5.32 Å². The molecule has 2 heteroatoms. The molecule has 94 valence electrons. The summed E-state index contributed by atoms with van der Waals surface area (Å²) in [7, 11) is 0. The van der Waals surface area contributed by atoms with Gasteiger partial charge in [-0.05, 0) is 54.9 Å². The Morgan fingerprint density at radius 1 is 1.18 bits per heavy atom. The molecule has 0 spiro atoms. The van der Waals surface area contributed by atoms with Crippen LogP contribution in [0.5, 0.6) is 0 Å². The normalized spacial score (nSPS) is 17.0. The van der Waals surface area contributed by atoms with Gasteiger partial charge in [0.05, 0.1) is 0 Å². The number of benzene rings is 1. The molecular weight excluding hydrogens is 226 g/mol. The van der Waals surface area contributed by atoms with Crippen molar-refractivity contribution in [3.8, 4) is 0 Å². The lowest BCUT2D eigenvalue weighted by Gasteiger charge is -2.23. The minimum atomic E-state index is 0.692. The molecule has 0 radical (unpaired) electrons. The summed E-state index contributed by atoms with van der Waals surface area (Å²) in [6.07, 6.45) is 6.41. The molecule has 0 aromatic heterocycles. The highest BCUT2D eigenvalue weighted by Crippen LogP contribution is 2.21. The van der Waals surface area contributed by atoms with Crippen molar-refractivity contribution in [3.05, 3.63) is 29.8 Å². The maximum atomic E-state index is 3.65. The van der Waals surface area contributed by atoms with E-state index in [9.17, 15) is 0 Å². The summed E-state index contributed by atoms with van der Waals surface area (Å²) in [6.45, 7) is 2.25. The standard InChI is InChI=1S/C15H23NS/c1-2-3-4-13-5-7-14(8-6-13)16-15-9-11-17-12-10-15/h5-8,15-16H,2-4,9-12H2,1H3. The Bertz CT molecular complexity index is 314. The largest absolute Gasteiger partial charge is 0.382 e. The zero-order chi connectivity index (χ0) is 11.9. The lowest BCUT2D eigenvalue weighted by molar-refractivity contribution is 0.667. The third-order valence-corrected chi connectivity index (χ3v) is 4.41. The molecule has 1 saturated heterocycles. The lowest BCUT2D eigenvalue weighted by Crippen LogP contribution is -2.24. The third kappa shape index (κ3) is 4.27. The highest BCUT2D eigenvalue weighted by Gasteiger charge is 2.12. The van der Waals surface area contributed by atoms with Crippen molar-refractivity contribution in [2.45, 2.75) is 45.1 Å². The summed E-state index contributed by atoms with van der Waals surface area (Å²) >= 11 is 2.08. The van der Waals surface area contributed by atoms with E-state index in [4.69, 9.17) is 0 Å². The number of rotatable bonds is 5. The molecule has 0 unspecified atom stereocenters. The second-order valence-corrected chi connectivity index (χ2v) is 6.06. The molecule has 17 heavy (non-hydrogen) atoms. The highest BCUT2D eigenvalue weighted by molar-refractivity contribution is 7.99. The maximum absolute atomic E-state index is 3.65. The van der Waals surface area contributed by atoms with Gasteiger partial charge in [-0.1, -0.05) is 25.5 Å². The number of anilines is 1. The minimum Gasteiger partial charge on any atom is -0.382 e. The fraction of sp³-hybridized carbons (Fsp3) is 0.600. The third-order valence-electron chi connectivity index (χ3n) is 3.37. The molecule has 0 amide bonds. The molecule has 1 heterocycles. The molecule has 1 aromatic rings. The van der Waals surface area contributed by atoms with E-state index in [1.807, 2.05) is 0 Å². The second-order valence-electron chi connectivity index (χ2n) is 4.83. The van der Waals surface area contributed by atoms with Gasteiger partial charge in [0.25, 0.3) is 0 Å². The Balaban J connectivity index is 1.84. The predicted molar refractivity (Wildman–Crippen MR) is 79.0 cm³/mol. The molecule has 1 N–H and O–H groups in total. The lowest BCUT2D eigenvalue weighted by atomic mass is 10.1. The van der Waals surface area contributed by atoms with Crippen LogP contribution in [-0.4, -0.2) is 17.5 Å². The first-order valence-corrected chi connectivity index (χ1v) is 7.97. The minimum absolute atomic E-state index is 0.692. The van der Waals surface area contributed by atoms with Crippen LogP contribution in [0.4, 0.5) is 5.69 Å². The van der Waals surface area contributed by atoms with Crippen molar-refractivity contribution in [1.29, 1.82) is 0 Å². The Labute approximate surface area is 109 Å². The van der Waals surface area contributed by atoms with Gasteiger partial charge in [0, 0.05) is 11.7 Å². The van der Waals surface area contributed by atoms with Crippen LogP contribution in [0.1, 0.15) is 38.2 Å². The van der Waals surface area contributed by atoms with E-state index in [1.165, 1.54) is 54.9 Å². The van der Waals surface area contributed by atoms with E-state index in [0.717, 1.165) is 0 Å². The zero-order valence-electron chi connectivity index (χ0n) is 10.7. The zero-order valence-corrected chi connectivity index (χ0v) is 11.6. The Hall–Kier alpha value is -0.630. The Morgan fingerprint density at radius 3 is 2.53 bits per heavy atom. The van der Waals surface area contributed by atoms with Crippen LogP contribution in [0.15, 0.2) is 24.3 Å². The highest BCUT2D eigenvalue weighted by atomic mass is 32.2. The van der Waals surface area contributed by atoms with Crippen molar-refractivity contribution >= 4 is 17.4 Å². The topological polar surface area (TPSA) is 12.0 Å². The van der Waals surface area contributed by atoms with E-state index >= 15 is 0 Å². The molecule has 0 atom stereocenters. The van der Waals surface area contributed by atoms with Crippen molar-refractivity contribution in [2.75, 3.05) is 16.8 Å². The van der Waals surface area contributed by atoms with Crippen molar-refractivity contribution < 1.29 is 0 Å². The van der Waals surface area contributed by atoms with E-state index in [2.05, 4.69) is 48.3 Å². The van der Waals surface area contributed by atoms with Crippen LogP contribution in [0.25, 0.3) is 0 Å². The smallest absolute Gasteiger partial charge is 0.0342 e. The van der Waals surface area contributed by atoms with Gasteiger partial charge in [0.15, 0.2) is 0 Å². The van der Waals surface area contributed by atoms with Crippen LogP contribution in [0, 0.1) is 0 Å². The fourth-order valence-corrected chi connectivity index (χ4v) is 3.33. The van der Waals surface area contributed by atoms with E-state index in [-0.39, 0.29) is 0 Å². The molecule has 2 rings (SSSR count). The maximum Gasteiger partial charge on any atom is 0.0342 e. The van der Waals surface area contributed by atoms with Gasteiger partial charge in [0.1, 0.15) is 0 Å². The van der Waals surface area contributed by atoms with Crippen LogP contribution in [0.2, 0.25) is 0 Å². The molecule has 1 nitrogen and oxygen atoms in total. The number of unbranched alkanes of at least 4 members (excludes halogenated alkanes) is 1. The van der Waals surface area contributed by atoms with E-state index in [0.29, 0.717) is 6.04 Å². The quantitative estimate of drug-likeness (QED) is 0.833. The number of hydrogen-bond acceptors (Lipinski definition) is 2. The fourth-order valence-electron chi connectivity index (χ4n) is 2.23. The predicted octanol–water partition coefficient (Wildman–Crippen LogP) is 4.34. The summed E-state index contributed by atoms with van der Waals surface area (Å²) in [5.41, 5.74) is 2.76. The molecule has 1 aliphatic rings. The molecule has 0 saturated carbocycles. The average molecular weight is 249 g/mol. The summed E-state index contributed by atoms with van der Waals surface area (Å²) in [5, 5.41) is 3.65. The Morgan fingerprint density at radius 2 is 1.88 bits per heavy atom. The number of hydrogen-bond donors (Lipinski definition) is 1. The van der Waals surface area contributed by atoms with Gasteiger partial charge in [0.2, 0.25) is 0 Å². The first kappa shape index (κ1) is 12.8. The summed E-state index contributed by atoms with van der Waals surface area (Å²) in [4.78, 5) is 0. The van der Waals surface area contributed by atoms with Crippen LogP contribution in [-0.2, 0) is 6.42 Å². The van der Waals surface area contributed by atoms with Gasteiger partial charge < -0.3 is 5.32 Å². The molecule has 0 bridgehead atoms. The summed E-state index contributed by atoms with van der Waals surface area (Å²) < 4.78 is 0. The number of nitrogens with one attached hydrogen (secondary N) is 1. The van der Waals surface area contributed by atoms with Gasteiger partial charge in [-0.25, -0.2) is 0 Å². The van der Waals surface area contributed by atoms with E-state index < -0.39 is 0 Å². The summed E-state index contributed by atoms with van der Waals surface area (Å²) in [5.74, 6) is 2.62. The Kier molecular flexibility index (Phi) is 5.24. The molecular formula is C15H23NS. The average Bonchev–Trinajstić information content (AvgIpc) is 2.39. The molecule has 0 aliphatic carbocycles. The van der Waals surface area contributed by atoms with Gasteiger partial charge in [-0.2, -0.15) is 11.8 Å². The van der Waals surface area contributed by atoms with Crippen molar-refractivity contribution in [3.63, 3.8) is 0 Å². The molecule has 1 aromatic carbocycles. The van der Waals surface area contributed by atoms with Gasteiger partial charge >= 0.3 is 0 Å². The van der Waals surface area contributed by atoms with Crippen LogP contribution in [0.3, 0.4) is 0 Å². The molecule has 1 aliphatic heterocycles. The second kappa shape index (κ2) is 6.95. The van der Waals surface area contributed by atoms with Crippen molar-refractivity contribution in [1.82, 2.24) is 0 Å². The van der Waals surface area contributed by atoms with Crippen molar-refractivity contribution in [2.24, 2.45) is 0 Å². The van der Waals surface area contributed by atoms with Crippen LogP contribution >= 0.6 is 11.8 Å². The SMILES string of the molecule is CCCCc1ccc(NC2CCSCC2)cc1. The first-order valence-electron chi connectivity index (χ1n) is 6.81. The number of aryl methyl sites for hydroxylation is 1. The van der Waals surface area contributed by atoms with E-state index in [1.54, 1.807) is 0 Å². The molecule has 1 fully saturated rings. The van der Waals surface area contributed by atoms with Gasteiger partial charge in [-0.15, -0.1) is 0 Å². The monoisotopic (exact) mass is 249 g/mol. The van der Waals surface area contributed by atoms with Gasteiger partial charge in [-0.3, -0.25) is 0 Å². The number of thioether (sulfide) groups is 1.